The van der Waals surface area contributed by atoms with Gasteiger partial charge in [-0.25, -0.2) is 38.5 Å². The minimum Gasteiger partial charge on any atom is -0.744 e. The predicted molar refractivity (Wildman–Crippen MR) is 201 cm³/mol. The summed E-state index contributed by atoms with van der Waals surface area (Å²) >= 11 is 0. The maximum absolute atomic E-state index is 13.1. The molecule has 27 heteroatoms. The van der Waals surface area contributed by atoms with Crippen molar-refractivity contribution < 1.29 is 184 Å². The number of hydrogen-bond donors (Lipinski definition) is 4. The largest absolute Gasteiger partial charge is 1.00 e. The van der Waals surface area contributed by atoms with Crippen LogP contribution in [0.3, 0.4) is 0 Å². The van der Waals surface area contributed by atoms with E-state index in [-0.39, 0.29) is 174 Å². The van der Waals surface area contributed by atoms with Crippen LogP contribution >= 0.6 is 0 Å². The molecule has 62 heavy (non-hydrogen) atoms. The average molecular weight is 959 g/mol. The minimum atomic E-state index is -5.20. The van der Waals surface area contributed by atoms with Crippen molar-refractivity contribution in [2.75, 3.05) is 21.3 Å². The number of urea groups is 1. The number of amides is 4. The zero-order valence-corrected chi connectivity index (χ0v) is 43.9. The first-order valence-corrected chi connectivity index (χ1v) is 21.5. The van der Waals surface area contributed by atoms with Crippen LogP contribution in [0.4, 0.5) is 27.5 Å². The number of rotatable bonds is 10. The minimum absolute atomic E-state index is 0. The molecule has 0 atom stereocenters. The van der Waals surface area contributed by atoms with Crippen molar-refractivity contribution in [3.05, 3.63) is 120 Å². The molecule has 300 valence electrons. The van der Waals surface area contributed by atoms with Crippen LogP contribution in [-0.2, 0) is 40.5 Å². The first-order chi connectivity index (χ1) is 27.0. The Morgan fingerprint density at radius 3 is 1.05 bits per heavy atom. The first kappa shape index (κ1) is 55.8. The van der Waals surface area contributed by atoms with E-state index in [0.717, 1.165) is 36.4 Å². The summed E-state index contributed by atoms with van der Waals surface area (Å²) in [6.45, 7) is 0. The Kier molecular flexibility index (Phi) is 19.6. The molecule has 6 aromatic carbocycles. The zero-order chi connectivity index (χ0) is 42.4. The molecular weight excluding hydrogens is 937 g/mol. The smallest absolute Gasteiger partial charge is 0.744 e. The molecule has 0 radical (unpaired) electrons. The van der Waals surface area contributed by atoms with E-state index in [1.54, 1.807) is 0 Å². The third-order valence-corrected chi connectivity index (χ3v) is 11.6. The van der Waals surface area contributed by atoms with Gasteiger partial charge in [0.15, 0.2) is 0 Å². The van der Waals surface area contributed by atoms with Gasteiger partial charge in [0.25, 0.3) is 11.8 Å². The molecule has 0 fully saturated rings. The fraction of sp³-hybridized carbons (Fsp3) is 0. The van der Waals surface area contributed by atoms with E-state index < -0.39 is 77.9 Å². The summed E-state index contributed by atoms with van der Waals surface area (Å²) in [6.07, 6.45) is 0. The van der Waals surface area contributed by atoms with Gasteiger partial charge in [-0.15, -0.1) is 0 Å². The molecule has 0 unspecified atom stereocenters. The molecule has 0 heterocycles. The third-order valence-electron chi connectivity index (χ3n) is 8.17. The van der Waals surface area contributed by atoms with Gasteiger partial charge in [-0.1, -0.05) is 24.3 Å². The Hall–Kier alpha value is -2.31. The van der Waals surface area contributed by atoms with E-state index in [1.807, 2.05) is 0 Å². The van der Waals surface area contributed by atoms with Crippen LogP contribution in [0.1, 0.15) is 20.7 Å². The molecule has 4 amide bonds. The Morgan fingerprint density at radius 1 is 0.387 bits per heavy atom. The van der Waals surface area contributed by atoms with Gasteiger partial charge in [-0.3, -0.25) is 9.59 Å². The number of benzene rings is 6. The number of nitrogens with one attached hydrogen (secondary N) is 4. The van der Waals surface area contributed by atoms with E-state index in [4.69, 9.17) is 0 Å². The second-order valence-corrected chi connectivity index (χ2v) is 17.6. The number of carbonyl (C=O) groups is 3. The quantitative estimate of drug-likeness (QED) is 0.0732. The van der Waals surface area contributed by atoms with Crippen molar-refractivity contribution in [2.45, 2.75) is 19.6 Å². The molecule has 0 aliphatic carbocycles. The van der Waals surface area contributed by atoms with Gasteiger partial charge in [0.05, 0.1) is 19.6 Å². The van der Waals surface area contributed by atoms with Crippen molar-refractivity contribution in [2.24, 2.45) is 0 Å². The first-order valence-electron chi connectivity index (χ1n) is 15.9. The topological polar surface area (TPSA) is 328 Å². The van der Waals surface area contributed by atoms with Gasteiger partial charge in [-0.05, 0) is 106 Å². The van der Waals surface area contributed by atoms with Gasteiger partial charge in [0.2, 0.25) is 0 Å². The van der Waals surface area contributed by atoms with Crippen molar-refractivity contribution in [1.29, 1.82) is 0 Å². The molecule has 0 saturated heterocycles. The number of anilines is 4. The van der Waals surface area contributed by atoms with Gasteiger partial charge >= 0.3 is 124 Å². The van der Waals surface area contributed by atoms with E-state index >= 15 is 0 Å². The molecule has 0 bridgehead atoms. The van der Waals surface area contributed by atoms with Crippen LogP contribution in [0.15, 0.2) is 129 Å². The van der Waals surface area contributed by atoms with Gasteiger partial charge in [0.1, 0.15) is 40.5 Å². The van der Waals surface area contributed by atoms with Crippen LogP contribution in [0, 0.1) is 0 Å². The van der Waals surface area contributed by atoms with Gasteiger partial charge < -0.3 is 39.5 Å². The summed E-state index contributed by atoms with van der Waals surface area (Å²) in [7, 11) is -20.7. The van der Waals surface area contributed by atoms with Crippen LogP contribution in [0.5, 0.6) is 0 Å². The average Bonchev–Trinajstić information content (AvgIpc) is 3.12. The Labute approximate surface area is 442 Å². The van der Waals surface area contributed by atoms with Crippen LogP contribution in [0.25, 0.3) is 21.5 Å². The van der Waals surface area contributed by atoms with E-state index in [1.165, 1.54) is 60.7 Å². The van der Waals surface area contributed by atoms with Crippen molar-refractivity contribution in [3.8, 4) is 0 Å². The second-order valence-electron chi connectivity index (χ2n) is 12.2. The Balaban J connectivity index is 0.00000331. The van der Waals surface area contributed by atoms with Gasteiger partial charge in [0, 0.05) is 33.9 Å². The summed E-state index contributed by atoms with van der Waals surface area (Å²) in [6, 6.07) is 20.0. The second kappa shape index (κ2) is 21.8. The fourth-order valence-electron chi connectivity index (χ4n) is 5.65. The molecule has 4 N–H and O–H groups in total. The molecule has 0 aromatic heterocycles. The third kappa shape index (κ3) is 13.9. The molecule has 0 saturated carbocycles. The monoisotopic (exact) mass is 958 g/mol. The molecule has 0 aliphatic rings. The molecule has 6 rings (SSSR count). The maximum atomic E-state index is 13.1. The fourth-order valence-corrected chi connectivity index (χ4v) is 8.32. The summed E-state index contributed by atoms with van der Waals surface area (Å²) in [5, 5.41) is 9.39. The van der Waals surface area contributed by atoms with Crippen molar-refractivity contribution in [3.63, 3.8) is 0 Å². The van der Waals surface area contributed by atoms with E-state index in [0.29, 0.717) is 12.1 Å². The van der Waals surface area contributed by atoms with Crippen molar-refractivity contribution >= 4 is 103 Å². The number of hydrogen-bond acceptors (Lipinski definition) is 15. The maximum Gasteiger partial charge on any atom is 1.00 e. The SMILES string of the molecule is O=C(Nc1cccc(C(=O)Nc2ccc3c(S(=O)(=O)[O-])cc(S(=O)(=O)[O-])cc3c2)c1)Nc1cccc(C(=O)Nc2ccc3c(S(=O)(=O)[O-])cc(S(=O)(=O)[O-])cc3c2)c1.[Na+].[Na+].[Na+].[Na+]. The summed E-state index contributed by atoms with van der Waals surface area (Å²) in [5.74, 6) is -1.46. The summed E-state index contributed by atoms with van der Waals surface area (Å²) in [4.78, 5) is 35.3. The van der Waals surface area contributed by atoms with E-state index in [9.17, 15) is 66.3 Å². The predicted octanol–water partition coefficient (Wildman–Crippen LogP) is -8.23. The van der Waals surface area contributed by atoms with Gasteiger partial charge in [-0.2, -0.15) is 0 Å². The molecule has 0 aliphatic heterocycles. The van der Waals surface area contributed by atoms with Crippen molar-refractivity contribution in [1.82, 2.24) is 0 Å². The molecular formula is C35H22N4Na4O15S4. The number of fused-ring (bicyclic) bond motifs is 2. The molecule has 19 nitrogen and oxygen atoms in total. The zero-order valence-electron chi connectivity index (χ0n) is 32.6. The summed E-state index contributed by atoms with van der Waals surface area (Å²) in [5.41, 5.74) is 0.345. The van der Waals surface area contributed by atoms with Crippen LogP contribution in [0.2, 0.25) is 0 Å². The Morgan fingerprint density at radius 2 is 0.726 bits per heavy atom. The van der Waals surface area contributed by atoms with E-state index in [2.05, 4.69) is 21.3 Å². The molecule has 0 spiro atoms. The summed E-state index contributed by atoms with van der Waals surface area (Å²) < 4.78 is 140. The van der Waals surface area contributed by atoms with Crippen LogP contribution < -0.4 is 139 Å². The number of carbonyl (C=O) groups excluding carboxylic acids is 3. The Bertz CT molecular complexity index is 3000. The normalized spacial score (nSPS) is 11.4. The standard InChI is InChI=1S/C35H26N4O15S4.4Na/c40-33(36-25-7-9-29-21(13-25)15-27(55(43,44)45)17-31(29)57(49,50)51)19-3-1-5-23(11-19)38-35(42)39-24-6-2-4-20(12-24)34(41)37-26-8-10-30-22(14-26)16-28(56(46,47)48)18-32(30)58(52,53)54;;;;/h1-18H,(H,36,40)(H,37,41)(H2,38,39,42)(H,43,44,45)(H,46,47,48)(H,49,50,51)(H,52,53,54);;;;/q;4*+1/p-4. The van der Waals surface area contributed by atoms with Crippen LogP contribution in [-0.4, -0.2) is 69.7 Å². The molecule has 6 aromatic rings.